The molecule has 0 bridgehead atoms. The first-order chi connectivity index (χ1) is 11.7. The second-order valence-electron chi connectivity index (χ2n) is 5.24. The Kier molecular flexibility index (Phi) is 16.6. The smallest absolute Gasteiger partial charge is 0.330 e. The van der Waals surface area contributed by atoms with Crippen LogP contribution >= 0.6 is 0 Å². The van der Waals surface area contributed by atoms with E-state index in [9.17, 15) is 4.79 Å². The van der Waals surface area contributed by atoms with Crippen LogP contribution in [0.1, 0.15) is 38.5 Å². The maximum absolute atomic E-state index is 10.8. The van der Waals surface area contributed by atoms with Gasteiger partial charge in [0.1, 0.15) is 5.76 Å². The van der Waals surface area contributed by atoms with Gasteiger partial charge in [0.2, 0.25) is 0 Å². The van der Waals surface area contributed by atoms with Crippen molar-refractivity contribution in [1.82, 2.24) is 0 Å². The molecule has 0 heterocycles. The molecule has 0 aromatic heterocycles. The fraction of sp³-hybridized carbons (Fsp3) is 0.632. The second kappa shape index (κ2) is 17.8. The molecule has 0 aromatic carbocycles. The highest BCUT2D eigenvalue weighted by molar-refractivity contribution is 5.81. The molecule has 0 aliphatic carbocycles. The summed E-state index contributed by atoms with van der Waals surface area (Å²) in [5.41, 5.74) is 0. The van der Waals surface area contributed by atoms with Crippen molar-refractivity contribution in [1.29, 1.82) is 0 Å². The molecule has 0 atom stereocenters. The highest BCUT2D eigenvalue weighted by atomic mass is 16.5. The van der Waals surface area contributed by atoms with Crippen LogP contribution in [0.4, 0.5) is 0 Å². The Labute approximate surface area is 146 Å². The van der Waals surface area contributed by atoms with Gasteiger partial charge in [-0.3, -0.25) is 0 Å². The summed E-state index contributed by atoms with van der Waals surface area (Å²) in [7, 11) is 0. The summed E-state index contributed by atoms with van der Waals surface area (Å²) in [6.45, 7) is 14.5. The third kappa shape index (κ3) is 16.8. The molecular weight excluding hydrogens is 308 g/mol. The minimum Gasteiger partial charge on any atom is -0.494 e. The van der Waals surface area contributed by atoms with Crippen LogP contribution in [-0.2, 0) is 23.7 Å². The van der Waals surface area contributed by atoms with Crippen molar-refractivity contribution in [2.24, 2.45) is 0 Å². The molecule has 0 rings (SSSR count). The molecule has 5 heteroatoms. The van der Waals surface area contributed by atoms with E-state index in [1.54, 1.807) is 6.08 Å². The van der Waals surface area contributed by atoms with E-state index in [-0.39, 0.29) is 5.97 Å². The van der Waals surface area contributed by atoms with E-state index in [0.717, 1.165) is 57.8 Å². The number of unbranched alkanes of at least 4 members (excludes halogenated alkanes) is 3. The molecule has 138 valence electrons. The number of carbonyl (C=O) groups is 1. The predicted molar refractivity (Wildman–Crippen MR) is 95.8 cm³/mol. The van der Waals surface area contributed by atoms with Crippen molar-refractivity contribution in [3.05, 3.63) is 37.6 Å². The molecule has 0 aliphatic rings. The Bertz CT molecular complexity index is 318. The van der Waals surface area contributed by atoms with E-state index >= 15 is 0 Å². The predicted octanol–water partition coefficient (Wildman–Crippen LogP) is 3.81. The summed E-state index contributed by atoms with van der Waals surface area (Å²) in [5, 5.41) is 0. The summed E-state index contributed by atoms with van der Waals surface area (Å²) in [4.78, 5) is 10.8. The number of allylic oxidation sites excluding steroid dienone is 1. The van der Waals surface area contributed by atoms with Crippen molar-refractivity contribution in [3.63, 3.8) is 0 Å². The van der Waals surface area contributed by atoms with Crippen LogP contribution in [0.15, 0.2) is 37.6 Å². The monoisotopic (exact) mass is 340 g/mol. The quantitative estimate of drug-likeness (QED) is 0.125. The molecule has 0 saturated heterocycles. The molecule has 0 aliphatic heterocycles. The van der Waals surface area contributed by atoms with Crippen molar-refractivity contribution in [2.75, 3.05) is 39.6 Å². The van der Waals surface area contributed by atoms with Crippen LogP contribution in [0.3, 0.4) is 0 Å². The Morgan fingerprint density at radius 3 is 1.67 bits per heavy atom. The zero-order valence-electron chi connectivity index (χ0n) is 14.8. The average Bonchev–Trinajstić information content (AvgIpc) is 2.60. The fourth-order valence-electron chi connectivity index (χ4n) is 1.78. The first kappa shape index (κ1) is 22.4. The molecule has 0 amide bonds. The van der Waals surface area contributed by atoms with Gasteiger partial charge in [-0.25, -0.2) is 4.79 Å². The zero-order chi connectivity index (χ0) is 17.9. The summed E-state index contributed by atoms with van der Waals surface area (Å²) in [6, 6.07) is 0. The summed E-state index contributed by atoms with van der Waals surface area (Å²) in [6.07, 6.45) is 8.74. The Morgan fingerprint density at radius 2 is 1.17 bits per heavy atom. The number of ether oxygens (including phenoxy) is 4. The molecule has 0 spiro atoms. The molecular formula is C19H32O5. The van der Waals surface area contributed by atoms with Gasteiger partial charge >= 0.3 is 5.97 Å². The van der Waals surface area contributed by atoms with E-state index in [0.29, 0.717) is 32.2 Å². The van der Waals surface area contributed by atoms with Crippen molar-refractivity contribution >= 4 is 5.97 Å². The second-order valence-corrected chi connectivity index (χ2v) is 5.24. The number of rotatable bonds is 18. The maximum Gasteiger partial charge on any atom is 0.330 e. The lowest BCUT2D eigenvalue weighted by atomic mass is 10.2. The van der Waals surface area contributed by atoms with Crippen LogP contribution in [-0.4, -0.2) is 45.6 Å². The minimum absolute atomic E-state index is 0.382. The van der Waals surface area contributed by atoms with Crippen LogP contribution in [0, 0.1) is 0 Å². The van der Waals surface area contributed by atoms with E-state index < -0.39 is 0 Å². The largest absolute Gasteiger partial charge is 0.494 e. The van der Waals surface area contributed by atoms with Gasteiger partial charge in [-0.2, -0.15) is 0 Å². The Morgan fingerprint density at radius 1 is 0.667 bits per heavy atom. The van der Waals surface area contributed by atoms with Gasteiger partial charge in [-0.05, 0) is 18.9 Å². The third-order valence-electron chi connectivity index (χ3n) is 3.12. The molecule has 0 N–H and O–H groups in total. The van der Waals surface area contributed by atoms with Gasteiger partial charge in [0.15, 0.2) is 0 Å². The van der Waals surface area contributed by atoms with Crippen molar-refractivity contribution < 1.29 is 23.7 Å². The number of carbonyl (C=O) groups excluding carboxylic acids is 1. The first-order valence-corrected chi connectivity index (χ1v) is 8.59. The molecule has 5 nitrogen and oxygen atoms in total. The SMILES string of the molecule is C=CC(=C)OCCCOCCCCCCOCCCOC(=O)C=C. The van der Waals surface area contributed by atoms with Crippen LogP contribution in [0.2, 0.25) is 0 Å². The van der Waals surface area contributed by atoms with Crippen molar-refractivity contribution in [3.8, 4) is 0 Å². The molecule has 0 unspecified atom stereocenters. The van der Waals surface area contributed by atoms with E-state index in [1.165, 1.54) is 0 Å². The van der Waals surface area contributed by atoms with Gasteiger partial charge < -0.3 is 18.9 Å². The maximum atomic E-state index is 10.8. The normalized spacial score (nSPS) is 10.2. The lowest BCUT2D eigenvalue weighted by Crippen LogP contribution is -2.05. The lowest BCUT2D eigenvalue weighted by molar-refractivity contribution is -0.138. The van der Waals surface area contributed by atoms with E-state index in [1.807, 2.05) is 0 Å². The summed E-state index contributed by atoms with van der Waals surface area (Å²) >= 11 is 0. The van der Waals surface area contributed by atoms with E-state index in [4.69, 9.17) is 18.9 Å². The minimum atomic E-state index is -0.382. The summed E-state index contributed by atoms with van der Waals surface area (Å²) < 4.78 is 21.1. The van der Waals surface area contributed by atoms with Gasteiger partial charge in [-0.15, -0.1) is 0 Å². The Hall–Kier alpha value is -1.59. The number of hydrogen-bond acceptors (Lipinski definition) is 5. The van der Waals surface area contributed by atoms with Gasteiger partial charge in [0, 0.05) is 45.3 Å². The van der Waals surface area contributed by atoms with Gasteiger partial charge in [0.25, 0.3) is 0 Å². The molecule has 0 saturated carbocycles. The number of esters is 1. The van der Waals surface area contributed by atoms with Crippen LogP contribution in [0.25, 0.3) is 0 Å². The standard InChI is InChI=1S/C19H32O5/c1-4-18(3)23-16-10-14-21-12-8-6-7-9-13-22-15-11-17-24-19(20)5-2/h4-5H,1-3,6-17H2. The highest BCUT2D eigenvalue weighted by Crippen LogP contribution is 2.02. The van der Waals surface area contributed by atoms with Crippen LogP contribution in [0.5, 0.6) is 0 Å². The van der Waals surface area contributed by atoms with Crippen molar-refractivity contribution in [2.45, 2.75) is 38.5 Å². The molecule has 0 radical (unpaired) electrons. The molecule has 24 heavy (non-hydrogen) atoms. The lowest BCUT2D eigenvalue weighted by Gasteiger charge is -2.07. The fourth-order valence-corrected chi connectivity index (χ4v) is 1.78. The average molecular weight is 340 g/mol. The van der Waals surface area contributed by atoms with E-state index in [2.05, 4.69) is 19.7 Å². The van der Waals surface area contributed by atoms with Gasteiger partial charge in [-0.1, -0.05) is 32.6 Å². The first-order valence-electron chi connectivity index (χ1n) is 8.59. The van der Waals surface area contributed by atoms with Gasteiger partial charge in [0.05, 0.1) is 13.2 Å². The highest BCUT2D eigenvalue weighted by Gasteiger charge is 1.96. The molecule has 0 fully saturated rings. The topological polar surface area (TPSA) is 54.0 Å². The molecule has 0 aromatic rings. The third-order valence-corrected chi connectivity index (χ3v) is 3.12. The zero-order valence-corrected chi connectivity index (χ0v) is 14.8. The number of hydrogen-bond donors (Lipinski definition) is 0. The summed E-state index contributed by atoms with van der Waals surface area (Å²) in [5.74, 6) is 0.224. The Balaban J connectivity index is 3.07. The van der Waals surface area contributed by atoms with Crippen LogP contribution < -0.4 is 0 Å².